The van der Waals surface area contributed by atoms with E-state index in [1.54, 1.807) is 16.4 Å². The Morgan fingerprint density at radius 3 is 2.48 bits per heavy atom. The van der Waals surface area contributed by atoms with Gasteiger partial charge in [0.15, 0.2) is 0 Å². The Kier molecular flexibility index (Phi) is 5.46. The molecule has 1 aromatic heterocycles. The highest BCUT2D eigenvalue weighted by molar-refractivity contribution is 7.99. The predicted octanol–water partition coefficient (Wildman–Crippen LogP) is 4.94. The van der Waals surface area contributed by atoms with E-state index in [2.05, 4.69) is 10.4 Å². The third-order valence-electron chi connectivity index (χ3n) is 3.72. The predicted molar refractivity (Wildman–Crippen MR) is 102 cm³/mol. The molecule has 0 saturated carbocycles. The normalized spacial score (nSPS) is 10.7. The first-order valence-electron chi connectivity index (χ1n) is 7.86. The molecule has 0 atom stereocenters. The molecule has 128 valence electrons. The van der Waals surface area contributed by atoms with E-state index < -0.39 is 0 Å². The average molecular weight is 372 g/mol. The third-order valence-corrected chi connectivity index (χ3v) is 5.35. The second kappa shape index (κ2) is 7.76. The Morgan fingerprint density at radius 2 is 1.80 bits per heavy atom. The van der Waals surface area contributed by atoms with Gasteiger partial charge in [-0.1, -0.05) is 53.7 Å². The van der Waals surface area contributed by atoms with Gasteiger partial charge in [0.25, 0.3) is 0 Å². The zero-order valence-electron chi connectivity index (χ0n) is 14.0. The van der Waals surface area contributed by atoms with E-state index in [0.717, 1.165) is 26.9 Å². The van der Waals surface area contributed by atoms with Crippen molar-refractivity contribution in [3.8, 4) is 0 Å². The number of nitrogens with one attached hydrogen (secondary N) is 1. The smallest absolute Gasteiger partial charge is 0.246 e. The van der Waals surface area contributed by atoms with Crippen LogP contribution in [-0.4, -0.2) is 15.7 Å². The van der Waals surface area contributed by atoms with Crippen LogP contribution in [0.2, 0.25) is 5.02 Å². The third kappa shape index (κ3) is 4.24. The van der Waals surface area contributed by atoms with Crippen molar-refractivity contribution in [1.82, 2.24) is 9.78 Å². The number of aryl methyl sites for hydroxylation is 1. The van der Waals surface area contributed by atoms with Crippen LogP contribution in [0.4, 0.5) is 5.69 Å². The number of rotatable bonds is 5. The molecule has 0 radical (unpaired) electrons. The quantitative estimate of drug-likeness (QED) is 0.690. The molecule has 0 aliphatic rings. The maximum Gasteiger partial charge on any atom is 0.246 e. The SMILES string of the molecule is Cc1nn(CC(=O)Nc2ccccc2Sc2ccccc2)c(C)c1Cl. The molecule has 1 heterocycles. The van der Waals surface area contributed by atoms with Crippen molar-refractivity contribution in [3.63, 3.8) is 0 Å². The van der Waals surface area contributed by atoms with E-state index in [1.165, 1.54) is 0 Å². The molecule has 0 fully saturated rings. The lowest BCUT2D eigenvalue weighted by atomic mass is 10.3. The number of aromatic nitrogens is 2. The van der Waals surface area contributed by atoms with E-state index in [-0.39, 0.29) is 12.5 Å². The number of hydrogen-bond acceptors (Lipinski definition) is 3. The van der Waals surface area contributed by atoms with Crippen LogP contribution >= 0.6 is 23.4 Å². The summed E-state index contributed by atoms with van der Waals surface area (Å²) in [6.07, 6.45) is 0. The molecule has 1 amide bonds. The van der Waals surface area contributed by atoms with Crippen LogP contribution in [0.3, 0.4) is 0 Å². The summed E-state index contributed by atoms with van der Waals surface area (Å²) in [6.45, 7) is 3.81. The molecule has 0 saturated heterocycles. The van der Waals surface area contributed by atoms with Gasteiger partial charge in [-0.05, 0) is 38.1 Å². The largest absolute Gasteiger partial charge is 0.323 e. The summed E-state index contributed by atoms with van der Waals surface area (Å²) in [5.74, 6) is -0.136. The first-order chi connectivity index (χ1) is 12.0. The maximum absolute atomic E-state index is 12.4. The Labute approximate surface area is 156 Å². The van der Waals surface area contributed by atoms with E-state index in [1.807, 2.05) is 68.4 Å². The van der Waals surface area contributed by atoms with Gasteiger partial charge in [-0.3, -0.25) is 9.48 Å². The summed E-state index contributed by atoms with van der Waals surface area (Å²) < 4.78 is 1.62. The highest BCUT2D eigenvalue weighted by atomic mass is 35.5. The van der Waals surface area contributed by atoms with E-state index in [9.17, 15) is 4.79 Å². The molecule has 1 N–H and O–H groups in total. The minimum Gasteiger partial charge on any atom is -0.323 e. The highest BCUT2D eigenvalue weighted by Crippen LogP contribution is 2.33. The number of carbonyl (C=O) groups excluding carboxylic acids is 1. The summed E-state index contributed by atoms with van der Waals surface area (Å²) in [5.41, 5.74) is 2.31. The van der Waals surface area contributed by atoms with Crippen molar-refractivity contribution in [1.29, 1.82) is 0 Å². The van der Waals surface area contributed by atoms with E-state index in [4.69, 9.17) is 11.6 Å². The van der Waals surface area contributed by atoms with Crippen molar-refractivity contribution in [2.45, 2.75) is 30.2 Å². The number of amides is 1. The topological polar surface area (TPSA) is 46.9 Å². The number of carbonyl (C=O) groups is 1. The van der Waals surface area contributed by atoms with Crippen molar-refractivity contribution in [2.24, 2.45) is 0 Å². The Hall–Kier alpha value is -2.24. The van der Waals surface area contributed by atoms with Crippen molar-refractivity contribution < 1.29 is 4.79 Å². The monoisotopic (exact) mass is 371 g/mol. The summed E-state index contributed by atoms with van der Waals surface area (Å²) in [5, 5.41) is 7.88. The molecule has 3 aromatic rings. The van der Waals surface area contributed by atoms with E-state index in [0.29, 0.717) is 5.02 Å². The van der Waals surface area contributed by atoms with Gasteiger partial charge in [-0.2, -0.15) is 5.10 Å². The first-order valence-corrected chi connectivity index (χ1v) is 9.05. The number of para-hydroxylation sites is 1. The van der Waals surface area contributed by atoms with Crippen LogP contribution in [0.1, 0.15) is 11.4 Å². The molecule has 25 heavy (non-hydrogen) atoms. The summed E-state index contributed by atoms with van der Waals surface area (Å²) in [4.78, 5) is 14.5. The molecule has 3 rings (SSSR count). The lowest BCUT2D eigenvalue weighted by Crippen LogP contribution is -2.20. The Morgan fingerprint density at radius 1 is 1.12 bits per heavy atom. The summed E-state index contributed by atoms with van der Waals surface area (Å²) in [6, 6.07) is 17.8. The van der Waals surface area contributed by atoms with Gasteiger partial charge in [0, 0.05) is 9.79 Å². The minimum absolute atomic E-state index is 0.129. The number of nitrogens with zero attached hydrogens (tertiary/aromatic N) is 2. The van der Waals surface area contributed by atoms with Crippen LogP contribution in [0.5, 0.6) is 0 Å². The molecule has 4 nitrogen and oxygen atoms in total. The maximum atomic E-state index is 12.4. The average Bonchev–Trinajstić information content (AvgIpc) is 2.84. The zero-order chi connectivity index (χ0) is 17.8. The molecule has 0 spiro atoms. The molecule has 0 bridgehead atoms. The van der Waals surface area contributed by atoms with Gasteiger partial charge in [0.2, 0.25) is 5.91 Å². The fourth-order valence-electron chi connectivity index (χ4n) is 2.43. The lowest BCUT2D eigenvalue weighted by Gasteiger charge is -2.11. The van der Waals surface area contributed by atoms with Crippen LogP contribution in [0.25, 0.3) is 0 Å². The van der Waals surface area contributed by atoms with Gasteiger partial charge in [-0.15, -0.1) is 0 Å². The standard InChI is InChI=1S/C19H18ClN3OS/c1-13-19(20)14(2)23(22-13)12-18(24)21-16-10-6-7-11-17(16)25-15-8-4-3-5-9-15/h3-11H,12H2,1-2H3,(H,21,24). The molecule has 6 heteroatoms. The second-order valence-electron chi connectivity index (χ2n) is 5.60. The Bertz CT molecular complexity index is 893. The summed E-state index contributed by atoms with van der Waals surface area (Å²) >= 11 is 7.75. The molecule has 0 unspecified atom stereocenters. The summed E-state index contributed by atoms with van der Waals surface area (Å²) in [7, 11) is 0. The molecule has 0 aliphatic heterocycles. The minimum atomic E-state index is -0.136. The van der Waals surface area contributed by atoms with Gasteiger partial charge in [0.1, 0.15) is 6.54 Å². The zero-order valence-corrected chi connectivity index (χ0v) is 15.6. The fourth-order valence-corrected chi connectivity index (χ4v) is 3.49. The fraction of sp³-hybridized carbons (Fsp3) is 0.158. The number of anilines is 1. The molecule has 2 aromatic carbocycles. The van der Waals surface area contributed by atoms with Crippen LogP contribution in [0.15, 0.2) is 64.4 Å². The van der Waals surface area contributed by atoms with Gasteiger partial charge < -0.3 is 5.32 Å². The number of halogens is 1. The van der Waals surface area contributed by atoms with Crippen LogP contribution in [-0.2, 0) is 11.3 Å². The molecule has 0 aliphatic carbocycles. The van der Waals surface area contributed by atoms with Gasteiger partial charge in [-0.25, -0.2) is 0 Å². The Balaban J connectivity index is 1.74. The molecular formula is C19H18ClN3OS. The second-order valence-corrected chi connectivity index (χ2v) is 7.10. The first kappa shape index (κ1) is 17.6. The van der Waals surface area contributed by atoms with Crippen molar-refractivity contribution in [2.75, 3.05) is 5.32 Å². The number of hydrogen-bond donors (Lipinski definition) is 1. The van der Waals surface area contributed by atoms with Gasteiger partial charge >= 0.3 is 0 Å². The number of benzene rings is 2. The van der Waals surface area contributed by atoms with E-state index >= 15 is 0 Å². The van der Waals surface area contributed by atoms with Crippen molar-refractivity contribution in [3.05, 3.63) is 71.0 Å². The van der Waals surface area contributed by atoms with Crippen LogP contribution in [0, 0.1) is 13.8 Å². The highest BCUT2D eigenvalue weighted by Gasteiger charge is 2.13. The molecular weight excluding hydrogens is 354 g/mol. The van der Waals surface area contributed by atoms with Crippen LogP contribution < -0.4 is 5.32 Å². The van der Waals surface area contributed by atoms with Gasteiger partial charge in [0.05, 0.1) is 22.1 Å². The lowest BCUT2D eigenvalue weighted by molar-refractivity contribution is -0.116. The van der Waals surface area contributed by atoms with Crippen molar-refractivity contribution >= 4 is 35.0 Å².